The van der Waals surface area contributed by atoms with Gasteiger partial charge in [0.1, 0.15) is 0 Å². The minimum absolute atomic E-state index is 0.248. The summed E-state index contributed by atoms with van der Waals surface area (Å²) in [6.07, 6.45) is 4.78. The molecule has 1 fully saturated rings. The predicted molar refractivity (Wildman–Crippen MR) is 126 cm³/mol. The number of ether oxygens (including phenoxy) is 1. The average molecular weight is 447 g/mol. The first-order valence-corrected chi connectivity index (χ1v) is 11.3. The van der Waals surface area contributed by atoms with Crippen LogP contribution < -0.4 is 0 Å². The summed E-state index contributed by atoms with van der Waals surface area (Å²) in [6, 6.07) is 28.4. The maximum absolute atomic E-state index is 5.98. The summed E-state index contributed by atoms with van der Waals surface area (Å²) < 4.78 is 7.08. The molecule has 1 heterocycles. The van der Waals surface area contributed by atoms with Crippen LogP contribution in [0.2, 0.25) is 0 Å². The van der Waals surface area contributed by atoms with E-state index in [0.717, 1.165) is 23.9 Å². The quantitative estimate of drug-likeness (QED) is 0.360. The molecule has 148 valence electrons. The minimum atomic E-state index is 0.248. The Labute approximate surface area is 182 Å². The lowest BCUT2D eigenvalue weighted by atomic mass is 9.87. The molecule has 0 aliphatic carbocycles. The van der Waals surface area contributed by atoms with E-state index in [1.54, 1.807) is 0 Å². The molecule has 1 aliphatic rings. The fraction of sp³-hybridized carbons (Fsp3) is 0.259. The molecule has 0 bridgehead atoms. The first kappa shape index (κ1) is 20.1. The zero-order valence-electron chi connectivity index (χ0n) is 16.9. The van der Waals surface area contributed by atoms with Crippen molar-refractivity contribution in [3.05, 3.63) is 106 Å². The second kappa shape index (κ2) is 9.56. The molecule has 4 rings (SSSR count). The summed E-state index contributed by atoms with van der Waals surface area (Å²) in [7, 11) is 0. The Kier molecular flexibility index (Phi) is 6.63. The van der Waals surface area contributed by atoms with E-state index in [1.165, 1.54) is 46.2 Å². The third-order valence-corrected chi connectivity index (χ3v) is 6.19. The summed E-state index contributed by atoms with van der Waals surface area (Å²) >= 11 is 3.57. The molecule has 2 heteroatoms. The minimum Gasteiger partial charge on any atom is -0.374 e. The third-order valence-electron chi connectivity index (χ3n) is 5.66. The van der Waals surface area contributed by atoms with Crippen molar-refractivity contribution in [3.8, 4) is 0 Å². The number of rotatable bonds is 5. The molecule has 1 saturated heterocycles. The van der Waals surface area contributed by atoms with Crippen molar-refractivity contribution in [1.82, 2.24) is 0 Å². The molecule has 0 amide bonds. The molecule has 1 nitrogen and oxygen atoms in total. The smallest absolute Gasteiger partial charge is 0.0824 e. The van der Waals surface area contributed by atoms with Crippen LogP contribution in [0.4, 0.5) is 0 Å². The van der Waals surface area contributed by atoms with Crippen LogP contribution in [0.3, 0.4) is 0 Å². The normalized spacial score (nSPS) is 17.7. The molecular weight excluding hydrogens is 420 g/mol. The van der Waals surface area contributed by atoms with Crippen molar-refractivity contribution in [2.45, 2.75) is 38.7 Å². The van der Waals surface area contributed by atoms with Gasteiger partial charge in [0.25, 0.3) is 0 Å². The number of hydrogen-bond donors (Lipinski definition) is 0. The molecule has 3 aromatic rings. The van der Waals surface area contributed by atoms with Crippen molar-refractivity contribution >= 4 is 27.1 Å². The van der Waals surface area contributed by atoms with E-state index in [1.807, 2.05) is 0 Å². The highest BCUT2D eigenvalue weighted by Gasteiger charge is 2.17. The van der Waals surface area contributed by atoms with Gasteiger partial charge in [0.15, 0.2) is 0 Å². The molecule has 1 atom stereocenters. The van der Waals surface area contributed by atoms with Crippen molar-refractivity contribution in [2.75, 3.05) is 6.61 Å². The number of hydrogen-bond acceptors (Lipinski definition) is 1. The van der Waals surface area contributed by atoms with Crippen LogP contribution in [0.1, 0.15) is 61.0 Å². The summed E-state index contributed by atoms with van der Waals surface area (Å²) in [5.74, 6) is 0. The average Bonchev–Trinajstić information content (AvgIpc) is 2.79. The molecule has 1 aliphatic heterocycles. The molecule has 0 N–H and O–H groups in total. The van der Waals surface area contributed by atoms with Gasteiger partial charge in [-0.25, -0.2) is 0 Å². The van der Waals surface area contributed by atoms with Gasteiger partial charge in [-0.3, -0.25) is 0 Å². The Bertz CT molecular complexity index is 950. The highest BCUT2D eigenvalue weighted by Crippen LogP contribution is 2.36. The van der Waals surface area contributed by atoms with Crippen LogP contribution in [0.25, 0.3) is 11.1 Å². The summed E-state index contributed by atoms with van der Waals surface area (Å²) in [5, 5.41) is 0. The molecule has 0 saturated carbocycles. The van der Waals surface area contributed by atoms with Crippen LogP contribution in [0.15, 0.2) is 83.3 Å². The van der Waals surface area contributed by atoms with E-state index in [-0.39, 0.29) is 6.10 Å². The SMILES string of the molecule is CC/C(=C(/c1ccc(Br)cc1)c1ccc(C2CCCCO2)cc1)c1ccccc1. The highest BCUT2D eigenvalue weighted by atomic mass is 79.9. The number of benzene rings is 3. The second-order valence-electron chi connectivity index (χ2n) is 7.56. The maximum atomic E-state index is 5.98. The van der Waals surface area contributed by atoms with Crippen LogP contribution in [-0.4, -0.2) is 6.61 Å². The van der Waals surface area contributed by atoms with E-state index in [0.29, 0.717) is 0 Å². The van der Waals surface area contributed by atoms with Gasteiger partial charge in [-0.05, 0) is 71.2 Å². The van der Waals surface area contributed by atoms with Crippen molar-refractivity contribution in [2.24, 2.45) is 0 Å². The fourth-order valence-electron chi connectivity index (χ4n) is 4.16. The second-order valence-corrected chi connectivity index (χ2v) is 8.47. The lowest BCUT2D eigenvalue weighted by Gasteiger charge is -2.23. The Morgan fingerprint density at radius 1 is 0.828 bits per heavy atom. The van der Waals surface area contributed by atoms with Crippen molar-refractivity contribution < 1.29 is 4.74 Å². The first-order chi connectivity index (χ1) is 14.3. The van der Waals surface area contributed by atoms with Gasteiger partial charge >= 0.3 is 0 Å². The van der Waals surface area contributed by atoms with Crippen LogP contribution in [0.5, 0.6) is 0 Å². The standard InChI is InChI=1S/C27H27BrO/c1-2-25(20-8-4-3-5-9-20)27(23-15-17-24(28)18-16-23)22-13-11-21(12-14-22)26-10-6-7-19-29-26/h3-5,8-9,11-18,26H,2,6-7,10,19H2,1H3/b27-25-. The Morgan fingerprint density at radius 2 is 1.48 bits per heavy atom. The van der Waals surface area contributed by atoms with Gasteiger partial charge < -0.3 is 4.74 Å². The molecule has 1 unspecified atom stereocenters. The fourth-order valence-corrected chi connectivity index (χ4v) is 4.43. The molecule has 0 aromatic heterocycles. The summed E-state index contributed by atoms with van der Waals surface area (Å²) in [5.41, 5.74) is 7.76. The van der Waals surface area contributed by atoms with Gasteiger partial charge in [0, 0.05) is 11.1 Å². The summed E-state index contributed by atoms with van der Waals surface area (Å²) in [6.45, 7) is 3.12. The maximum Gasteiger partial charge on any atom is 0.0824 e. The molecule has 0 spiro atoms. The zero-order chi connectivity index (χ0) is 20.1. The van der Waals surface area contributed by atoms with Gasteiger partial charge in [-0.1, -0.05) is 89.6 Å². The molecule has 29 heavy (non-hydrogen) atoms. The van der Waals surface area contributed by atoms with E-state index in [9.17, 15) is 0 Å². The molecular formula is C27H27BrO. The predicted octanol–water partition coefficient (Wildman–Crippen LogP) is 8.06. The van der Waals surface area contributed by atoms with E-state index < -0.39 is 0 Å². The first-order valence-electron chi connectivity index (χ1n) is 10.5. The Balaban J connectivity index is 1.80. The van der Waals surface area contributed by atoms with Crippen LogP contribution >= 0.6 is 15.9 Å². The van der Waals surface area contributed by atoms with Crippen LogP contribution in [0, 0.1) is 0 Å². The van der Waals surface area contributed by atoms with E-state index in [4.69, 9.17) is 4.74 Å². The van der Waals surface area contributed by atoms with Crippen molar-refractivity contribution in [3.63, 3.8) is 0 Å². The van der Waals surface area contributed by atoms with Crippen LogP contribution in [-0.2, 0) is 4.74 Å². The Morgan fingerprint density at radius 3 is 2.07 bits per heavy atom. The summed E-state index contributed by atoms with van der Waals surface area (Å²) in [4.78, 5) is 0. The number of halogens is 1. The highest BCUT2D eigenvalue weighted by molar-refractivity contribution is 9.10. The number of allylic oxidation sites excluding steroid dienone is 1. The van der Waals surface area contributed by atoms with Gasteiger partial charge in [0.05, 0.1) is 6.10 Å². The van der Waals surface area contributed by atoms with E-state index in [2.05, 4.69) is 102 Å². The van der Waals surface area contributed by atoms with Crippen molar-refractivity contribution in [1.29, 1.82) is 0 Å². The van der Waals surface area contributed by atoms with Gasteiger partial charge in [-0.2, -0.15) is 0 Å². The van der Waals surface area contributed by atoms with E-state index >= 15 is 0 Å². The third kappa shape index (κ3) is 4.71. The van der Waals surface area contributed by atoms with Gasteiger partial charge in [-0.15, -0.1) is 0 Å². The largest absolute Gasteiger partial charge is 0.374 e. The lowest BCUT2D eigenvalue weighted by molar-refractivity contribution is 0.0149. The Hall–Kier alpha value is -2.16. The molecule has 3 aromatic carbocycles. The topological polar surface area (TPSA) is 9.23 Å². The lowest BCUT2D eigenvalue weighted by Crippen LogP contribution is -2.11. The monoisotopic (exact) mass is 446 g/mol. The van der Waals surface area contributed by atoms with Gasteiger partial charge in [0.2, 0.25) is 0 Å². The zero-order valence-corrected chi connectivity index (χ0v) is 18.5. The molecule has 0 radical (unpaired) electrons.